The van der Waals surface area contributed by atoms with Gasteiger partial charge in [-0.1, -0.05) is 30.3 Å². The molecule has 0 saturated carbocycles. The Hall–Kier alpha value is -2.51. The smallest absolute Gasteiger partial charge is 0.307 e. The Balaban J connectivity index is 1.39. The van der Waals surface area contributed by atoms with Crippen molar-refractivity contribution < 1.29 is 19.1 Å². The standard InChI is InChI=1S/C23H28N2O4S/c1-17-8-10-21(30-17)20(26)9-11-22(27)29-18(2)23(28)25-14-12-24(13-15-25)16-19-6-4-3-5-7-19/h3-8,10,18H,9,11-16H2,1-2H3. The van der Waals surface area contributed by atoms with Crippen molar-refractivity contribution in [2.45, 2.75) is 39.3 Å². The number of Topliss-reactive ketones (excluding diaryl/α,β-unsaturated/α-hetero) is 1. The first-order valence-electron chi connectivity index (χ1n) is 10.3. The van der Waals surface area contributed by atoms with Crippen LogP contribution in [-0.4, -0.2) is 59.7 Å². The molecule has 1 fully saturated rings. The Labute approximate surface area is 181 Å². The molecule has 1 aromatic heterocycles. The van der Waals surface area contributed by atoms with Gasteiger partial charge in [0, 0.05) is 44.0 Å². The molecular formula is C23H28N2O4S. The molecule has 1 aromatic carbocycles. The summed E-state index contributed by atoms with van der Waals surface area (Å²) in [7, 11) is 0. The van der Waals surface area contributed by atoms with Gasteiger partial charge in [-0.05, 0) is 31.5 Å². The maximum absolute atomic E-state index is 12.6. The van der Waals surface area contributed by atoms with Gasteiger partial charge in [0.1, 0.15) is 0 Å². The minimum atomic E-state index is -0.836. The van der Waals surface area contributed by atoms with E-state index in [0.29, 0.717) is 18.0 Å². The molecule has 7 heteroatoms. The third-order valence-electron chi connectivity index (χ3n) is 5.16. The van der Waals surface area contributed by atoms with E-state index in [1.54, 1.807) is 17.9 Å². The van der Waals surface area contributed by atoms with E-state index in [1.165, 1.54) is 16.9 Å². The van der Waals surface area contributed by atoms with E-state index in [0.717, 1.165) is 24.5 Å². The second-order valence-corrected chi connectivity index (χ2v) is 8.84. The predicted molar refractivity (Wildman–Crippen MR) is 116 cm³/mol. The number of esters is 1. The molecule has 2 heterocycles. The van der Waals surface area contributed by atoms with Crippen LogP contribution in [0.3, 0.4) is 0 Å². The first-order chi connectivity index (χ1) is 14.4. The molecule has 30 heavy (non-hydrogen) atoms. The van der Waals surface area contributed by atoms with E-state index in [2.05, 4.69) is 17.0 Å². The molecule has 1 unspecified atom stereocenters. The van der Waals surface area contributed by atoms with Gasteiger partial charge in [0.2, 0.25) is 0 Å². The molecule has 1 saturated heterocycles. The van der Waals surface area contributed by atoms with Crippen molar-refractivity contribution in [2.24, 2.45) is 0 Å². The van der Waals surface area contributed by atoms with Gasteiger partial charge < -0.3 is 9.64 Å². The van der Waals surface area contributed by atoms with Crippen LogP contribution >= 0.6 is 11.3 Å². The quantitative estimate of drug-likeness (QED) is 0.477. The lowest BCUT2D eigenvalue weighted by Crippen LogP contribution is -2.51. The fourth-order valence-corrected chi connectivity index (χ4v) is 4.29. The number of carbonyl (C=O) groups excluding carboxylic acids is 3. The Bertz CT molecular complexity index is 872. The van der Waals surface area contributed by atoms with Gasteiger partial charge in [0.05, 0.1) is 11.3 Å². The first-order valence-corrected chi connectivity index (χ1v) is 11.1. The summed E-state index contributed by atoms with van der Waals surface area (Å²) in [6.45, 7) is 7.20. The number of hydrogen-bond acceptors (Lipinski definition) is 6. The van der Waals surface area contributed by atoms with E-state index < -0.39 is 12.1 Å². The maximum Gasteiger partial charge on any atom is 0.307 e. The van der Waals surface area contributed by atoms with E-state index in [4.69, 9.17) is 4.74 Å². The van der Waals surface area contributed by atoms with Crippen molar-refractivity contribution in [1.82, 2.24) is 9.80 Å². The summed E-state index contributed by atoms with van der Waals surface area (Å²) < 4.78 is 5.29. The SMILES string of the molecule is Cc1ccc(C(=O)CCC(=O)OC(C)C(=O)N2CCN(Cc3ccccc3)CC2)s1. The lowest BCUT2D eigenvalue weighted by Gasteiger charge is -2.35. The van der Waals surface area contributed by atoms with Crippen molar-refractivity contribution >= 4 is 29.0 Å². The van der Waals surface area contributed by atoms with Crippen molar-refractivity contribution in [3.63, 3.8) is 0 Å². The van der Waals surface area contributed by atoms with E-state index in [-0.39, 0.29) is 24.5 Å². The fraction of sp³-hybridized carbons (Fsp3) is 0.435. The number of amides is 1. The van der Waals surface area contributed by atoms with Crippen molar-refractivity contribution in [1.29, 1.82) is 0 Å². The molecule has 1 atom stereocenters. The number of piperazine rings is 1. The Morgan fingerprint density at radius 1 is 1.00 bits per heavy atom. The summed E-state index contributed by atoms with van der Waals surface area (Å²) in [6, 6.07) is 13.9. The number of nitrogens with zero attached hydrogens (tertiary/aromatic N) is 2. The molecule has 0 bridgehead atoms. The van der Waals surface area contributed by atoms with Gasteiger partial charge in [-0.2, -0.15) is 0 Å². The number of carbonyl (C=O) groups is 3. The van der Waals surface area contributed by atoms with Crippen LogP contribution in [0.15, 0.2) is 42.5 Å². The molecule has 0 spiro atoms. The van der Waals surface area contributed by atoms with Gasteiger partial charge in [-0.15, -0.1) is 11.3 Å². The van der Waals surface area contributed by atoms with Gasteiger partial charge in [0.25, 0.3) is 5.91 Å². The Kier molecular flexibility index (Phi) is 7.76. The minimum absolute atomic E-state index is 0.0156. The second kappa shape index (κ2) is 10.5. The zero-order valence-corrected chi connectivity index (χ0v) is 18.3. The van der Waals surface area contributed by atoms with Crippen LogP contribution in [0.4, 0.5) is 0 Å². The summed E-state index contributed by atoms with van der Waals surface area (Å²) in [6.07, 6.45) is -0.756. The Morgan fingerprint density at radius 2 is 1.70 bits per heavy atom. The highest BCUT2D eigenvalue weighted by Crippen LogP contribution is 2.18. The summed E-state index contributed by atoms with van der Waals surface area (Å²) in [4.78, 5) is 42.6. The molecule has 6 nitrogen and oxygen atoms in total. The predicted octanol–water partition coefficient (Wildman–Crippen LogP) is 3.30. The summed E-state index contributed by atoms with van der Waals surface area (Å²) in [5, 5.41) is 0. The molecule has 1 aliphatic rings. The van der Waals surface area contributed by atoms with Crippen molar-refractivity contribution in [3.8, 4) is 0 Å². The number of aryl methyl sites for hydroxylation is 1. The van der Waals surface area contributed by atoms with Crippen LogP contribution in [0, 0.1) is 6.92 Å². The lowest BCUT2D eigenvalue weighted by molar-refractivity contribution is -0.159. The molecular weight excluding hydrogens is 400 g/mol. The van der Waals surface area contributed by atoms with Gasteiger partial charge in [-0.3, -0.25) is 19.3 Å². The molecule has 160 valence electrons. The Morgan fingerprint density at radius 3 is 2.33 bits per heavy atom. The molecule has 3 rings (SSSR count). The highest BCUT2D eigenvalue weighted by Gasteiger charge is 2.27. The van der Waals surface area contributed by atoms with Crippen molar-refractivity contribution in [2.75, 3.05) is 26.2 Å². The third-order valence-corrected chi connectivity index (χ3v) is 6.20. The zero-order chi connectivity index (χ0) is 21.5. The van der Waals surface area contributed by atoms with E-state index >= 15 is 0 Å². The average Bonchev–Trinajstić information content (AvgIpc) is 3.19. The number of hydrogen-bond donors (Lipinski definition) is 0. The minimum Gasteiger partial charge on any atom is -0.453 e. The number of rotatable bonds is 8. The van der Waals surface area contributed by atoms with Crippen molar-refractivity contribution in [3.05, 3.63) is 57.8 Å². The summed E-state index contributed by atoms with van der Waals surface area (Å²) in [5.74, 6) is -0.762. The van der Waals surface area contributed by atoms with Crippen LogP contribution in [-0.2, 0) is 20.9 Å². The number of thiophene rings is 1. The number of ketones is 1. The topological polar surface area (TPSA) is 66.9 Å². The van der Waals surface area contributed by atoms with E-state index in [1.807, 2.05) is 31.2 Å². The highest BCUT2D eigenvalue weighted by atomic mass is 32.1. The highest BCUT2D eigenvalue weighted by molar-refractivity contribution is 7.14. The van der Waals surface area contributed by atoms with E-state index in [9.17, 15) is 14.4 Å². The van der Waals surface area contributed by atoms with Gasteiger partial charge in [-0.25, -0.2) is 0 Å². The molecule has 1 aliphatic heterocycles. The molecule has 0 aliphatic carbocycles. The third kappa shape index (κ3) is 6.24. The van der Waals surface area contributed by atoms with Crippen LogP contribution in [0.1, 0.15) is 39.9 Å². The second-order valence-electron chi connectivity index (χ2n) is 7.55. The van der Waals surface area contributed by atoms with Gasteiger partial charge >= 0.3 is 5.97 Å². The number of ether oxygens (including phenoxy) is 1. The normalized spacial score (nSPS) is 15.6. The van der Waals surface area contributed by atoms with Crippen LogP contribution in [0.25, 0.3) is 0 Å². The summed E-state index contributed by atoms with van der Waals surface area (Å²) >= 11 is 1.42. The molecule has 2 aromatic rings. The zero-order valence-electron chi connectivity index (χ0n) is 17.5. The van der Waals surface area contributed by atoms with Crippen LogP contribution in [0.2, 0.25) is 0 Å². The van der Waals surface area contributed by atoms with Gasteiger partial charge in [0.15, 0.2) is 11.9 Å². The fourth-order valence-electron chi connectivity index (χ4n) is 3.45. The number of benzene rings is 1. The molecule has 0 N–H and O–H groups in total. The monoisotopic (exact) mass is 428 g/mol. The van der Waals surface area contributed by atoms with Crippen LogP contribution in [0.5, 0.6) is 0 Å². The average molecular weight is 429 g/mol. The largest absolute Gasteiger partial charge is 0.453 e. The van der Waals surface area contributed by atoms with Crippen LogP contribution < -0.4 is 0 Å². The lowest BCUT2D eigenvalue weighted by atomic mass is 10.2. The molecule has 0 radical (unpaired) electrons. The maximum atomic E-state index is 12.6. The first kappa shape index (κ1) is 22.2. The summed E-state index contributed by atoms with van der Waals surface area (Å²) in [5.41, 5.74) is 1.26. The molecule has 1 amide bonds.